The van der Waals surface area contributed by atoms with Crippen LogP contribution in [0.2, 0.25) is 5.02 Å². The highest BCUT2D eigenvalue weighted by atomic mass is 35.5. The first-order valence-corrected chi connectivity index (χ1v) is 10.6. The molecule has 2 saturated heterocycles. The molecular formula is C22H24ClN5O2. The number of pyridine rings is 2. The van der Waals surface area contributed by atoms with Gasteiger partial charge in [0.05, 0.1) is 17.2 Å². The number of nitriles is 1. The lowest BCUT2D eigenvalue weighted by Gasteiger charge is -2.33. The Kier molecular flexibility index (Phi) is 6.34. The summed E-state index contributed by atoms with van der Waals surface area (Å²) in [6, 6.07) is 9.26. The molecule has 156 valence electrons. The average Bonchev–Trinajstić information content (AvgIpc) is 3.27. The third-order valence-electron chi connectivity index (χ3n) is 5.81. The van der Waals surface area contributed by atoms with Gasteiger partial charge in [0.1, 0.15) is 11.9 Å². The zero-order valence-corrected chi connectivity index (χ0v) is 17.5. The Morgan fingerprint density at radius 2 is 1.97 bits per heavy atom. The van der Waals surface area contributed by atoms with E-state index in [2.05, 4.69) is 20.9 Å². The summed E-state index contributed by atoms with van der Waals surface area (Å²) >= 11 is 5.84. The van der Waals surface area contributed by atoms with Crippen molar-refractivity contribution >= 4 is 23.3 Å². The minimum atomic E-state index is 0.0669. The molecule has 0 radical (unpaired) electrons. The van der Waals surface area contributed by atoms with Gasteiger partial charge in [-0.1, -0.05) is 11.6 Å². The largest absolute Gasteiger partial charge is 0.477 e. The van der Waals surface area contributed by atoms with Crippen molar-refractivity contribution in [2.75, 3.05) is 37.7 Å². The maximum atomic E-state index is 13.0. The van der Waals surface area contributed by atoms with E-state index in [1.807, 2.05) is 11.0 Å². The molecule has 0 aromatic carbocycles. The zero-order chi connectivity index (χ0) is 20.9. The minimum absolute atomic E-state index is 0.0669. The van der Waals surface area contributed by atoms with Gasteiger partial charge in [-0.3, -0.25) is 4.79 Å². The quantitative estimate of drug-likeness (QED) is 0.731. The van der Waals surface area contributed by atoms with Gasteiger partial charge in [0.15, 0.2) is 0 Å². The number of nitrogens with zero attached hydrogens (tertiary/aromatic N) is 5. The van der Waals surface area contributed by atoms with E-state index in [4.69, 9.17) is 21.6 Å². The number of halogens is 1. The summed E-state index contributed by atoms with van der Waals surface area (Å²) in [6.45, 7) is 3.69. The second-order valence-electron chi connectivity index (χ2n) is 7.84. The number of piperidine rings is 1. The number of hydrogen-bond acceptors (Lipinski definition) is 6. The summed E-state index contributed by atoms with van der Waals surface area (Å²) in [7, 11) is 0. The van der Waals surface area contributed by atoms with Gasteiger partial charge in [-0.2, -0.15) is 5.26 Å². The van der Waals surface area contributed by atoms with Gasteiger partial charge in [0, 0.05) is 56.5 Å². The van der Waals surface area contributed by atoms with Crippen LogP contribution >= 0.6 is 11.6 Å². The Labute approximate surface area is 181 Å². The first kappa shape index (κ1) is 20.4. The van der Waals surface area contributed by atoms with Gasteiger partial charge >= 0.3 is 0 Å². The van der Waals surface area contributed by atoms with Crippen LogP contribution in [0.3, 0.4) is 0 Å². The minimum Gasteiger partial charge on any atom is -0.477 e. The molecule has 2 fully saturated rings. The number of aromatic nitrogens is 2. The molecule has 1 atom stereocenters. The first-order valence-electron chi connectivity index (χ1n) is 10.3. The molecule has 1 amide bonds. The van der Waals surface area contributed by atoms with Crippen molar-refractivity contribution in [3.8, 4) is 11.9 Å². The van der Waals surface area contributed by atoms with Gasteiger partial charge < -0.3 is 14.5 Å². The summed E-state index contributed by atoms with van der Waals surface area (Å²) in [4.78, 5) is 25.7. The Bertz CT molecular complexity index is 905. The monoisotopic (exact) mass is 425 g/mol. The van der Waals surface area contributed by atoms with Crippen LogP contribution in [-0.2, 0) is 4.79 Å². The van der Waals surface area contributed by atoms with Crippen LogP contribution in [0.5, 0.6) is 5.88 Å². The van der Waals surface area contributed by atoms with E-state index in [0.29, 0.717) is 29.0 Å². The molecule has 0 aliphatic carbocycles. The Hall–Kier alpha value is -2.85. The molecule has 2 aliphatic rings. The number of anilines is 1. The number of rotatable bonds is 5. The van der Waals surface area contributed by atoms with Gasteiger partial charge in [-0.15, -0.1) is 0 Å². The molecule has 8 heteroatoms. The second-order valence-corrected chi connectivity index (χ2v) is 8.28. The van der Waals surface area contributed by atoms with E-state index in [1.54, 1.807) is 30.6 Å². The smallest absolute Gasteiger partial charge is 0.225 e. The molecule has 1 unspecified atom stereocenters. The molecule has 4 heterocycles. The molecule has 2 aromatic heterocycles. The lowest BCUT2D eigenvalue weighted by molar-refractivity contribution is -0.135. The molecule has 0 saturated carbocycles. The Morgan fingerprint density at radius 1 is 1.13 bits per heavy atom. The van der Waals surface area contributed by atoms with Crippen molar-refractivity contribution in [2.45, 2.75) is 19.3 Å². The van der Waals surface area contributed by atoms with E-state index in [0.717, 1.165) is 51.3 Å². The number of amides is 1. The fourth-order valence-electron chi connectivity index (χ4n) is 4.07. The number of carbonyl (C=O) groups is 1. The Morgan fingerprint density at radius 3 is 2.63 bits per heavy atom. The summed E-state index contributed by atoms with van der Waals surface area (Å²) < 4.78 is 5.76. The van der Waals surface area contributed by atoms with E-state index >= 15 is 0 Å². The van der Waals surface area contributed by atoms with E-state index in [-0.39, 0.29) is 11.8 Å². The van der Waals surface area contributed by atoms with E-state index < -0.39 is 0 Å². The van der Waals surface area contributed by atoms with Crippen molar-refractivity contribution in [3.63, 3.8) is 0 Å². The maximum Gasteiger partial charge on any atom is 0.225 e. The molecule has 7 nitrogen and oxygen atoms in total. The van der Waals surface area contributed by atoms with E-state index in [1.165, 1.54) is 0 Å². The molecule has 2 aliphatic heterocycles. The summed E-state index contributed by atoms with van der Waals surface area (Å²) in [6.07, 6.45) is 5.77. The third-order valence-corrected chi connectivity index (χ3v) is 6.03. The summed E-state index contributed by atoms with van der Waals surface area (Å²) in [5.41, 5.74) is 0.559. The zero-order valence-electron chi connectivity index (χ0n) is 16.7. The van der Waals surface area contributed by atoms with Gasteiger partial charge in [0.2, 0.25) is 11.8 Å². The molecule has 0 N–H and O–H groups in total. The van der Waals surface area contributed by atoms with Crippen LogP contribution in [0.1, 0.15) is 24.8 Å². The van der Waals surface area contributed by atoms with Gasteiger partial charge in [-0.05, 0) is 37.5 Å². The SMILES string of the molecule is N#Cc1ccc(N2CCC(C(=O)N3CCC(COc4ccc(Cl)cn4)C3)CC2)nc1. The predicted octanol–water partition coefficient (Wildman–Crippen LogP) is 3.15. The van der Waals surface area contributed by atoms with Crippen LogP contribution in [0.15, 0.2) is 36.7 Å². The number of carbonyl (C=O) groups excluding carboxylic acids is 1. The highest BCUT2D eigenvalue weighted by molar-refractivity contribution is 6.30. The number of hydrogen-bond donors (Lipinski definition) is 0. The van der Waals surface area contributed by atoms with Crippen LogP contribution in [-0.4, -0.2) is 53.6 Å². The lowest BCUT2D eigenvalue weighted by Crippen LogP contribution is -2.42. The summed E-state index contributed by atoms with van der Waals surface area (Å²) in [5.74, 6) is 2.09. The second kappa shape index (κ2) is 9.31. The third kappa shape index (κ3) is 4.82. The van der Waals surface area contributed by atoms with Crippen molar-refractivity contribution in [1.29, 1.82) is 5.26 Å². The van der Waals surface area contributed by atoms with E-state index in [9.17, 15) is 4.79 Å². The molecular weight excluding hydrogens is 402 g/mol. The van der Waals surface area contributed by atoms with Crippen molar-refractivity contribution < 1.29 is 9.53 Å². The highest BCUT2D eigenvalue weighted by Gasteiger charge is 2.33. The summed E-state index contributed by atoms with van der Waals surface area (Å²) in [5, 5.41) is 9.48. The standard InChI is InChI=1S/C22H24ClN5O2/c23-19-2-4-21(26-13-19)30-15-17-5-8-28(14-17)22(29)18-6-9-27(10-7-18)20-3-1-16(11-24)12-25-20/h1-4,12-13,17-18H,5-10,14-15H2. The van der Waals surface area contributed by atoms with Crippen LogP contribution < -0.4 is 9.64 Å². The van der Waals surface area contributed by atoms with Crippen LogP contribution in [0.4, 0.5) is 5.82 Å². The molecule has 30 heavy (non-hydrogen) atoms. The van der Waals surface area contributed by atoms with Gasteiger partial charge in [-0.25, -0.2) is 9.97 Å². The fourth-order valence-corrected chi connectivity index (χ4v) is 4.18. The predicted molar refractivity (Wildman–Crippen MR) is 113 cm³/mol. The highest BCUT2D eigenvalue weighted by Crippen LogP contribution is 2.26. The molecule has 0 bridgehead atoms. The van der Waals surface area contributed by atoms with Crippen LogP contribution in [0.25, 0.3) is 0 Å². The van der Waals surface area contributed by atoms with Crippen LogP contribution in [0, 0.1) is 23.2 Å². The fraction of sp³-hybridized carbons (Fsp3) is 0.455. The van der Waals surface area contributed by atoms with Crippen molar-refractivity contribution in [1.82, 2.24) is 14.9 Å². The number of ether oxygens (including phenoxy) is 1. The Balaban J connectivity index is 1.23. The topological polar surface area (TPSA) is 82.4 Å². The average molecular weight is 426 g/mol. The lowest BCUT2D eigenvalue weighted by atomic mass is 9.95. The van der Waals surface area contributed by atoms with Crippen molar-refractivity contribution in [3.05, 3.63) is 47.2 Å². The molecule has 0 spiro atoms. The first-order chi connectivity index (χ1) is 14.6. The van der Waals surface area contributed by atoms with Gasteiger partial charge in [0.25, 0.3) is 0 Å². The normalized spacial score (nSPS) is 19.5. The molecule has 2 aromatic rings. The van der Waals surface area contributed by atoms with Crippen molar-refractivity contribution in [2.24, 2.45) is 11.8 Å². The maximum absolute atomic E-state index is 13.0. The number of likely N-dealkylation sites (tertiary alicyclic amines) is 1. The molecule has 4 rings (SSSR count).